The van der Waals surface area contributed by atoms with Crippen LogP contribution in [-0.4, -0.2) is 28.5 Å². The molecule has 3 aromatic rings. The fraction of sp³-hybridized carbons (Fsp3) is 0.421. The lowest BCUT2D eigenvalue weighted by Gasteiger charge is -2.35. The number of hydrogen-bond donors (Lipinski definition) is 0. The lowest BCUT2D eigenvalue weighted by molar-refractivity contribution is 0.0597. The number of hydrogen-bond acceptors (Lipinski definition) is 6. The molecule has 1 aromatic carbocycles. The molecule has 0 atom stereocenters. The standard InChI is InChI=1S/C19H20BrN3O3/c1-12-16(13(2)25-22-12)11-17-21-18(23-26-17)19(6-8-24-9-7-19)14-4-3-5-15(20)10-14/h3-5,10H,6-9,11H2,1-2H3. The van der Waals surface area contributed by atoms with Gasteiger partial charge in [0.15, 0.2) is 5.82 Å². The molecule has 136 valence electrons. The van der Waals surface area contributed by atoms with Crippen molar-refractivity contribution in [1.29, 1.82) is 0 Å². The van der Waals surface area contributed by atoms with E-state index in [1.54, 1.807) is 0 Å². The lowest BCUT2D eigenvalue weighted by Crippen LogP contribution is -2.36. The van der Waals surface area contributed by atoms with Crippen LogP contribution in [0.3, 0.4) is 0 Å². The monoisotopic (exact) mass is 417 g/mol. The molecule has 1 aliphatic rings. The minimum Gasteiger partial charge on any atom is -0.381 e. The van der Waals surface area contributed by atoms with Crippen LogP contribution >= 0.6 is 15.9 Å². The first-order valence-electron chi connectivity index (χ1n) is 8.67. The third-order valence-corrected chi connectivity index (χ3v) is 5.62. The fourth-order valence-electron chi connectivity index (χ4n) is 3.57. The lowest BCUT2D eigenvalue weighted by atomic mass is 9.73. The van der Waals surface area contributed by atoms with Gasteiger partial charge in [-0.05, 0) is 44.4 Å². The molecule has 0 amide bonds. The van der Waals surface area contributed by atoms with Gasteiger partial charge in [-0.15, -0.1) is 0 Å². The first-order chi connectivity index (χ1) is 12.6. The maximum Gasteiger partial charge on any atom is 0.231 e. The van der Waals surface area contributed by atoms with Crippen LogP contribution < -0.4 is 0 Å². The number of aryl methyl sites for hydroxylation is 2. The van der Waals surface area contributed by atoms with E-state index in [9.17, 15) is 0 Å². The largest absolute Gasteiger partial charge is 0.381 e. The maximum absolute atomic E-state index is 5.60. The molecule has 0 aliphatic carbocycles. The van der Waals surface area contributed by atoms with Crippen LogP contribution in [0.4, 0.5) is 0 Å². The van der Waals surface area contributed by atoms with Crippen molar-refractivity contribution in [3.8, 4) is 0 Å². The van der Waals surface area contributed by atoms with E-state index in [0.29, 0.717) is 25.5 Å². The zero-order valence-electron chi connectivity index (χ0n) is 14.8. The summed E-state index contributed by atoms with van der Waals surface area (Å²) in [5.74, 6) is 2.09. The average molecular weight is 418 g/mol. The van der Waals surface area contributed by atoms with E-state index >= 15 is 0 Å². The van der Waals surface area contributed by atoms with E-state index in [-0.39, 0.29) is 5.41 Å². The quantitative estimate of drug-likeness (QED) is 0.635. The smallest absolute Gasteiger partial charge is 0.231 e. The van der Waals surface area contributed by atoms with E-state index in [4.69, 9.17) is 18.8 Å². The van der Waals surface area contributed by atoms with Gasteiger partial charge in [-0.25, -0.2) is 0 Å². The molecule has 0 bridgehead atoms. The van der Waals surface area contributed by atoms with Crippen molar-refractivity contribution in [3.63, 3.8) is 0 Å². The van der Waals surface area contributed by atoms with E-state index in [0.717, 1.165) is 40.2 Å². The Morgan fingerprint density at radius 1 is 1.12 bits per heavy atom. The summed E-state index contributed by atoms with van der Waals surface area (Å²) < 4.78 is 17.5. The molecule has 7 heteroatoms. The Labute approximate surface area is 160 Å². The summed E-state index contributed by atoms with van der Waals surface area (Å²) in [6.45, 7) is 5.18. The van der Waals surface area contributed by atoms with Gasteiger partial charge in [-0.1, -0.05) is 38.4 Å². The van der Waals surface area contributed by atoms with Crippen molar-refractivity contribution in [3.05, 3.63) is 63.0 Å². The predicted molar refractivity (Wildman–Crippen MR) is 98.1 cm³/mol. The molecule has 0 radical (unpaired) electrons. The van der Waals surface area contributed by atoms with Crippen LogP contribution in [0.1, 0.15) is 47.1 Å². The summed E-state index contributed by atoms with van der Waals surface area (Å²) in [6.07, 6.45) is 2.18. The SMILES string of the molecule is Cc1noc(C)c1Cc1nc(C2(c3cccc(Br)c3)CCOCC2)no1. The highest BCUT2D eigenvalue weighted by Crippen LogP contribution is 2.40. The average Bonchev–Trinajstić information content (AvgIpc) is 3.25. The number of benzene rings is 1. The molecular weight excluding hydrogens is 398 g/mol. The van der Waals surface area contributed by atoms with Crippen LogP contribution in [0, 0.1) is 13.8 Å². The zero-order chi connectivity index (χ0) is 18.1. The van der Waals surface area contributed by atoms with Gasteiger partial charge in [-0.2, -0.15) is 4.98 Å². The molecule has 26 heavy (non-hydrogen) atoms. The Morgan fingerprint density at radius 3 is 2.62 bits per heavy atom. The van der Waals surface area contributed by atoms with E-state index in [2.05, 4.69) is 38.4 Å². The second kappa shape index (κ2) is 6.96. The first kappa shape index (κ1) is 17.4. The Hall–Kier alpha value is -1.99. The van der Waals surface area contributed by atoms with Crippen LogP contribution in [0.15, 0.2) is 37.8 Å². The van der Waals surface area contributed by atoms with E-state index < -0.39 is 0 Å². The van der Waals surface area contributed by atoms with Gasteiger partial charge in [0.1, 0.15) is 5.76 Å². The highest BCUT2D eigenvalue weighted by atomic mass is 79.9. The molecule has 6 nitrogen and oxygen atoms in total. The highest BCUT2D eigenvalue weighted by Gasteiger charge is 2.40. The third-order valence-electron chi connectivity index (χ3n) is 5.13. The molecule has 1 aliphatic heterocycles. The van der Waals surface area contributed by atoms with Gasteiger partial charge in [0.2, 0.25) is 5.89 Å². The van der Waals surface area contributed by atoms with Crippen LogP contribution in [0.2, 0.25) is 0 Å². The summed E-state index contributed by atoms with van der Waals surface area (Å²) in [6, 6.07) is 8.33. The maximum atomic E-state index is 5.60. The second-order valence-corrected chi connectivity index (χ2v) is 7.61. The molecule has 3 heterocycles. The number of aromatic nitrogens is 3. The second-order valence-electron chi connectivity index (χ2n) is 6.70. The van der Waals surface area contributed by atoms with Crippen LogP contribution in [0.5, 0.6) is 0 Å². The Kier molecular flexibility index (Phi) is 4.67. The summed E-state index contributed by atoms with van der Waals surface area (Å²) in [5, 5.41) is 8.34. The van der Waals surface area contributed by atoms with Crippen molar-refractivity contribution in [2.24, 2.45) is 0 Å². The molecule has 2 aromatic heterocycles. The number of halogens is 1. The van der Waals surface area contributed by atoms with Crippen molar-refractivity contribution in [2.45, 2.75) is 38.5 Å². The molecular formula is C19H20BrN3O3. The zero-order valence-corrected chi connectivity index (χ0v) is 16.4. The number of ether oxygens (including phenoxy) is 1. The summed E-state index contributed by atoms with van der Waals surface area (Å²) in [4.78, 5) is 4.75. The molecule has 0 spiro atoms. The van der Waals surface area contributed by atoms with Gasteiger partial charge in [0.25, 0.3) is 0 Å². The Morgan fingerprint density at radius 2 is 1.92 bits per heavy atom. The predicted octanol–water partition coefficient (Wildman–Crippen LogP) is 4.12. The molecule has 1 fully saturated rings. The van der Waals surface area contributed by atoms with Gasteiger partial charge < -0.3 is 13.8 Å². The van der Waals surface area contributed by atoms with Gasteiger partial charge >= 0.3 is 0 Å². The van der Waals surface area contributed by atoms with Crippen molar-refractivity contribution in [1.82, 2.24) is 15.3 Å². The molecule has 4 rings (SSSR count). The topological polar surface area (TPSA) is 74.2 Å². The fourth-order valence-corrected chi connectivity index (χ4v) is 3.97. The molecule has 0 unspecified atom stereocenters. The summed E-state index contributed by atoms with van der Waals surface area (Å²) in [5.41, 5.74) is 2.75. The van der Waals surface area contributed by atoms with Crippen molar-refractivity contribution in [2.75, 3.05) is 13.2 Å². The molecule has 0 saturated carbocycles. The molecule has 1 saturated heterocycles. The van der Waals surface area contributed by atoms with Gasteiger partial charge in [0, 0.05) is 23.2 Å². The normalized spacial score (nSPS) is 16.7. The van der Waals surface area contributed by atoms with Gasteiger partial charge in [-0.3, -0.25) is 0 Å². The van der Waals surface area contributed by atoms with Crippen LogP contribution in [0.25, 0.3) is 0 Å². The van der Waals surface area contributed by atoms with E-state index in [1.165, 1.54) is 5.56 Å². The minimum absolute atomic E-state index is 0.289. The summed E-state index contributed by atoms with van der Waals surface area (Å²) >= 11 is 3.57. The summed E-state index contributed by atoms with van der Waals surface area (Å²) in [7, 11) is 0. The third kappa shape index (κ3) is 3.10. The highest BCUT2D eigenvalue weighted by molar-refractivity contribution is 9.10. The molecule has 0 N–H and O–H groups in total. The van der Waals surface area contributed by atoms with E-state index in [1.807, 2.05) is 26.0 Å². The van der Waals surface area contributed by atoms with Gasteiger partial charge in [0.05, 0.1) is 17.5 Å². The van der Waals surface area contributed by atoms with Crippen molar-refractivity contribution >= 4 is 15.9 Å². The Balaban J connectivity index is 1.70. The van der Waals surface area contributed by atoms with Crippen molar-refractivity contribution < 1.29 is 13.8 Å². The first-order valence-corrected chi connectivity index (χ1v) is 9.46. The Bertz CT molecular complexity index is 893. The van der Waals surface area contributed by atoms with Crippen LogP contribution in [-0.2, 0) is 16.6 Å². The minimum atomic E-state index is -0.289. The number of nitrogens with zero attached hydrogens (tertiary/aromatic N) is 3. The number of rotatable bonds is 4.